The number of hydrazine groups is 1. The Bertz CT molecular complexity index is 437. The zero-order valence-corrected chi connectivity index (χ0v) is 14.9. The Morgan fingerprint density at radius 2 is 2.00 bits per heavy atom. The molecular formula is C15H25BrN2OS. The van der Waals surface area contributed by atoms with Crippen LogP contribution < -0.4 is 11.3 Å². The van der Waals surface area contributed by atoms with Crippen molar-refractivity contribution < 1.29 is 4.74 Å². The summed E-state index contributed by atoms with van der Waals surface area (Å²) in [5.41, 5.74) is 4.45. The summed E-state index contributed by atoms with van der Waals surface area (Å²) >= 11 is 5.32. The van der Waals surface area contributed by atoms with Gasteiger partial charge < -0.3 is 4.74 Å². The first kappa shape index (κ1) is 16.4. The highest BCUT2D eigenvalue weighted by Gasteiger charge is 2.45. The molecule has 1 saturated carbocycles. The predicted octanol–water partition coefficient (Wildman–Crippen LogP) is 4.39. The van der Waals surface area contributed by atoms with E-state index in [0.29, 0.717) is 5.41 Å². The summed E-state index contributed by atoms with van der Waals surface area (Å²) in [7, 11) is 0. The zero-order chi connectivity index (χ0) is 14.8. The lowest BCUT2D eigenvalue weighted by molar-refractivity contribution is -0.108. The third-order valence-electron chi connectivity index (χ3n) is 4.53. The van der Waals surface area contributed by atoms with Crippen LogP contribution in [0.4, 0.5) is 0 Å². The minimum atomic E-state index is -0.192. The molecule has 114 valence electrons. The largest absolute Gasteiger partial charge is 0.373 e. The molecule has 1 atom stereocenters. The molecule has 5 heteroatoms. The number of rotatable bonds is 5. The maximum atomic E-state index is 6.24. The summed E-state index contributed by atoms with van der Waals surface area (Å²) in [6, 6.07) is 0.0409. The van der Waals surface area contributed by atoms with E-state index in [9.17, 15) is 0 Å². The van der Waals surface area contributed by atoms with Gasteiger partial charge in [-0.25, -0.2) is 5.43 Å². The summed E-state index contributed by atoms with van der Waals surface area (Å²) in [6.07, 6.45) is 4.44. The maximum absolute atomic E-state index is 6.24. The highest BCUT2D eigenvalue weighted by molar-refractivity contribution is 9.10. The molecule has 1 aromatic heterocycles. The molecule has 2 rings (SSSR count). The third kappa shape index (κ3) is 3.28. The van der Waals surface area contributed by atoms with Crippen molar-refractivity contribution in [1.82, 2.24) is 5.43 Å². The van der Waals surface area contributed by atoms with Crippen LogP contribution >= 0.6 is 27.3 Å². The van der Waals surface area contributed by atoms with Crippen molar-refractivity contribution in [2.45, 2.75) is 58.1 Å². The number of ether oxygens (including phenoxy) is 1. The van der Waals surface area contributed by atoms with Crippen LogP contribution in [0.1, 0.15) is 58.1 Å². The Hall–Kier alpha value is 0.0600. The molecule has 20 heavy (non-hydrogen) atoms. The molecule has 1 aliphatic rings. The Labute approximate surface area is 134 Å². The summed E-state index contributed by atoms with van der Waals surface area (Å²) in [4.78, 5) is 0. The highest BCUT2D eigenvalue weighted by Crippen LogP contribution is 2.48. The average molecular weight is 361 g/mol. The Morgan fingerprint density at radius 1 is 1.35 bits per heavy atom. The van der Waals surface area contributed by atoms with E-state index < -0.39 is 0 Å². The van der Waals surface area contributed by atoms with Crippen LogP contribution in [0, 0.1) is 5.41 Å². The molecule has 3 N–H and O–H groups in total. The van der Waals surface area contributed by atoms with Gasteiger partial charge in [0.15, 0.2) is 0 Å². The predicted molar refractivity (Wildman–Crippen MR) is 88.7 cm³/mol. The van der Waals surface area contributed by atoms with Crippen molar-refractivity contribution >= 4 is 27.3 Å². The number of nitrogens with one attached hydrogen (secondary N) is 1. The normalized spacial score (nSPS) is 22.6. The van der Waals surface area contributed by atoms with Crippen LogP contribution in [-0.4, -0.2) is 12.2 Å². The third-order valence-corrected chi connectivity index (χ3v) is 6.28. The van der Waals surface area contributed by atoms with Crippen LogP contribution in [0.25, 0.3) is 0 Å². The van der Waals surface area contributed by atoms with Gasteiger partial charge in [0.05, 0.1) is 11.6 Å². The molecule has 3 nitrogen and oxygen atoms in total. The summed E-state index contributed by atoms with van der Waals surface area (Å²) in [5, 5.41) is 4.27. The molecule has 0 radical (unpaired) electrons. The van der Waals surface area contributed by atoms with Crippen LogP contribution in [0.15, 0.2) is 15.2 Å². The lowest BCUT2D eigenvalue weighted by atomic mass is 9.67. The molecule has 1 fully saturated rings. The van der Waals surface area contributed by atoms with E-state index >= 15 is 0 Å². The molecule has 0 amide bonds. The first-order chi connectivity index (χ1) is 9.44. The van der Waals surface area contributed by atoms with E-state index in [0.717, 1.165) is 23.9 Å². The summed E-state index contributed by atoms with van der Waals surface area (Å²) in [5.74, 6) is 5.90. The molecule has 1 aromatic rings. The fourth-order valence-corrected chi connectivity index (χ4v) is 4.73. The maximum Gasteiger partial charge on any atom is 0.0890 e. The van der Waals surface area contributed by atoms with Crippen molar-refractivity contribution in [2.75, 3.05) is 6.61 Å². The Morgan fingerprint density at radius 3 is 2.45 bits per heavy atom. The van der Waals surface area contributed by atoms with Gasteiger partial charge in [-0.3, -0.25) is 5.84 Å². The molecule has 0 aliphatic heterocycles. The lowest BCUT2D eigenvalue weighted by Gasteiger charge is -2.47. The summed E-state index contributed by atoms with van der Waals surface area (Å²) < 4.78 is 7.36. The van der Waals surface area contributed by atoms with Crippen molar-refractivity contribution in [2.24, 2.45) is 11.3 Å². The van der Waals surface area contributed by atoms with Gasteiger partial charge in [0.25, 0.3) is 0 Å². The van der Waals surface area contributed by atoms with Gasteiger partial charge in [0, 0.05) is 16.5 Å². The highest BCUT2D eigenvalue weighted by atomic mass is 79.9. The standard InChI is InChI=1S/C15H25BrN2OS/c1-4-19-15(7-5-14(2,3)6-8-15)13(18-17)11-9-20-10-12(11)16/h9-10,13,18H,4-8,17H2,1-3H3. The molecule has 0 bridgehead atoms. The van der Waals surface area contributed by atoms with E-state index in [2.05, 4.69) is 52.9 Å². The van der Waals surface area contributed by atoms with Crippen molar-refractivity contribution in [3.63, 3.8) is 0 Å². The van der Waals surface area contributed by atoms with Gasteiger partial charge in [-0.1, -0.05) is 13.8 Å². The number of hydrogen-bond acceptors (Lipinski definition) is 4. The van der Waals surface area contributed by atoms with Gasteiger partial charge in [-0.15, -0.1) is 0 Å². The van der Waals surface area contributed by atoms with Crippen molar-refractivity contribution in [3.05, 3.63) is 20.8 Å². The second-order valence-corrected chi connectivity index (χ2v) is 8.03. The number of halogens is 1. The average Bonchev–Trinajstić information content (AvgIpc) is 2.81. The van der Waals surface area contributed by atoms with E-state index in [4.69, 9.17) is 10.6 Å². The van der Waals surface area contributed by atoms with E-state index in [1.54, 1.807) is 11.3 Å². The van der Waals surface area contributed by atoms with Gasteiger partial charge in [0.1, 0.15) is 0 Å². The van der Waals surface area contributed by atoms with Gasteiger partial charge in [-0.05, 0) is 64.9 Å². The van der Waals surface area contributed by atoms with E-state index in [-0.39, 0.29) is 11.6 Å². The number of thiophene rings is 1. The van der Waals surface area contributed by atoms with Crippen LogP contribution in [0.3, 0.4) is 0 Å². The van der Waals surface area contributed by atoms with Crippen molar-refractivity contribution in [1.29, 1.82) is 0 Å². The minimum Gasteiger partial charge on any atom is -0.373 e. The fraction of sp³-hybridized carbons (Fsp3) is 0.733. The molecule has 0 saturated heterocycles. The van der Waals surface area contributed by atoms with Gasteiger partial charge in [0.2, 0.25) is 0 Å². The van der Waals surface area contributed by atoms with Crippen LogP contribution in [0.5, 0.6) is 0 Å². The smallest absolute Gasteiger partial charge is 0.0890 e. The van der Waals surface area contributed by atoms with Crippen LogP contribution in [0.2, 0.25) is 0 Å². The van der Waals surface area contributed by atoms with E-state index in [1.807, 2.05) is 0 Å². The summed E-state index contributed by atoms with van der Waals surface area (Å²) in [6.45, 7) is 7.47. The quantitative estimate of drug-likeness (QED) is 0.604. The van der Waals surface area contributed by atoms with Gasteiger partial charge >= 0.3 is 0 Å². The molecule has 1 heterocycles. The Kier molecular flexibility index (Phi) is 5.29. The van der Waals surface area contributed by atoms with Gasteiger partial charge in [-0.2, -0.15) is 11.3 Å². The topological polar surface area (TPSA) is 47.3 Å². The SMILES string of the molecule is CCOC1(C(NN)c2cscc2Br)CCC(C)(C)CC1. The second-order valence-electron chi connectivity index (χ2n) is 6.44. The van der Waals surface area contributed by atoms with E-state index in [1.165, 1.54) is 18.4 Å². The first-order valence-electron chi connectivity index (χ1n) is 7.26. The fourth-order valence-electron chi connectivity index (χ4n) is 3.18. The lowest BCUT2D eigenvalue weighted by Crippen LogP contribution is -2.51. The Balaban J connectivity index is 2.29. The second kappa shape index (κ2) is 6.44. The number of nitrogens with two attached hydrogens (primary N) is 1. The molecular weight excluding hydrogens is 336 g/mol. The van der Waals surface area contributed by atoms with Crippen molar-refractivity contribution in [3.8, 4) is 0 Å². The molecule has 0 aromatic carbocycles. The monoisotopic (exact) mass is 360 g/mol. The molecule has 1 aliphatic carbocycles. The molecule has 0 spiro atoms. The zero-order valence-electron chi connectivity index (χ0n) is 12.5. The molecule has 1 unspecified atom stereocenters. The number of hydrogen-bond donors (Lipinski definition) is 2. The van der Waals surface area contributed by atoms with Crippen LogP contribution in [-0.2, 0) is 4.74 Å². The minimum absolute atomic E-state index is 0.0409. The first-order valence-corrected chi connectivity index (χ1v) is 8.99.